The highest BCUT2D eigenvalue weighted by molar-refractivity contribution is 4.87. The summed E-state index contributed by atoms with van der Waals surface area (Å²) in [5.74, 6) is 4.37. The van der Waals surface area contributed by atoms with E-state index in [-0.39, 0.29) is 0 Å². The average Bonchev–Trinajstić information content (AvgIpc) is 2.66. The van der Waals surface area contributed by atoms with Crippen molar-refractivity contribution in [2.24, 2.45) is 23.7 Å². The van der Waals surface area contributed by atoms with E-state index in [0.29, 0.717) is 0 Å². The molecule has 0 aliphatic heterocycles. The number of rotatable bonds is 3. The van der Waals surface area contributed by atoms with Crippen LogP contribution in [-0.4, -0.2) is 0 Å². The smallest absolute Gasteiger partial charge is 0.0383 e. The Kier molecular flexibility index (Phi) is 1.51. The minimum absolute atomic E-state index is 1.05. The molecule has 3 atom stereocenters. The first-order valence-electron chi connectivity index (χ1n) is 4.77. The van der Waals surface area contributed by atoms with Gasteiger partial charge in [0.15, 0.2) is 0 Å². The van der Waals surface area contributed by atoms with Crippen molar-refractivity contribution in [1.29, 1.82) is 0 Å². The predicted octanol–water partition coefficient (Wildman–Crippen LogP) is 3.08. The monoisotopic (exact) mass is 138 g/mol. The highest BCUT2D eigenvalue weighted by Crippen LogP contribution is 2.47. The molecule has 0 spiro atoms. The van der Waals surface area contributed by atoms with E-state index in [1.165, 1.54) is 25.7 Å². The van der Waals surface area contributed by atoms with Gasteiger partial charge in [0.25, 0.3) is 0 Å². The average molecular weight is 138 g/mol. The third-order valence-corrected chi connectivity index (χ3v) is 3.38. The van der Waals surface area contributed by atoms with E-state index in [2.05, 4.69) is 13.8 Å². The molecule has 10 heavy (non-hydrogen) atoms. The van der Waals surface area contributed by atoms with Crippen molar-refractivity contribution in [1.82, 2.24) is 0 Å². The fourth-order valence-electron chi connectivity index (χ4n) is 2.06. The molecule has 2 saturated carbocycles. The van der Waals surface area contributed by atoms with E-state index < -0.39 is 0 Å². The minimum atomic E-state index is 1.05. The van der Waals surface area contributed by atoms with E-state index in [1.54, 1.807) is 0 Å². The Hall–Kier alpha value is 0. The van der Waals surface area contributed by atoms with E-state index >= 15 is 0 Å². The van der Waals surface area contributed by atoms with E-state index in [4.69, 9.17) is 0 Å². The maximum Gasteiger partial charge on any atom is -0.0383 e. The van der Waals surface area contributed by atoms with Gasteiger partial charge in [-0.3, -0.25) is 0 Å². The highest BCUT2D eigenvalue weighted by atomic mass is 14.4. The zero-order chi connectivity index (χ0) is 7.14. The quantitative estimate of drug-likeness (QED) is 0.562. The van der Waals surface area contributed by atoms with Gasteiger partial charge in [-0.2, -0.15) is 0 Å². The molecule has 3 unspecified atom stereocenters. The summed E-state index contributed by atoms with van der Waals surface area (Å²) in [6.07, 6.45) is 6.12. The summed E-state index contributed by atoms with van der Waals surface area (Å²) in [7, 11) is 0. The summed E-state index contributed by atoms with van der Waals surface area (Å²) < 4.78 is 0. The van der Waals surface area contributed by atoms with Crippen molar-refractivity contribution in [2.45, 2.75) is 39.5 Å². The summed E-state index contributed by atoms with van der Waals surface area (Å²) in [6.45, 7) is 4.84. The van der Waals surface area contributed by atoms with Crippen LogP contribution in [0.5, 0.6) is 0 Å². The van der Waals surface area contributed by atoms with Crippen LogP contribution in [0.3, 0.4) is 0 Å². The summed E-state index contributed by atoms with van der Waals surface area (Å²) >= 11 is 0. The molecule has 0 heteroatoms. The van der Waals surface area contributed by atoms with Gasteiger partial charge in [-0.15, -0.1) is 0 Å². The van der Waals surface area contributed by atoms with Crippen molar-refractivity contribution in [3.63, 3.8) is 0 Å². The molecule has 58 valence electrons. The summed E-state index contributed by atoms with van der Waals surface area (Å²) in [4.78, 5) is 0. The summed E-state index contributed by atoms with van der Waals surface area (Å²) in [5.41, 5.74) is 0. The van der Waals surface area contributed by atoms with E-state index in [1.807, 2.05) is 0 Å². The lowest BCUT2D eigenvalue weighted by atomic mass is 9.99. The first-order chi connectivity index (χ1) is 4.77. The molecule has 2 aliphatic carbocycles. The second kappa shape index (κ2) is 2.25. The van der Waals surface area contributed by atoms with Gasteiger partial charge >= 0.3 is 0 Å². The Labute approximate surface area is 64.0 Å². The lowest BCUT2D eigenvalue weighted by Crippen LogP contribution is -1.98. The Balaban J connectivity index is 1.69. The van der Waals surface area contributed by atoms with Crippen molar-refractivity contribution in [2.75, 3.05) is 0 Å². The number of hydrogen-bond acceptors (Lipinski definition) is 0. The first-order valence-corrected chi connectivity index (χ1v) is 4.77. The van der Waals surface area contributed by atoms with Crippen LogP contribution in [0, 0.1) is 23.7 Å². The zero-order valence-corrected chi connectivity index (χ0v) is 7.14. The topological polar surface area (TPSA) is 0 Å². The number of hydrogen-bond donors (Lipinski definition) is 0. The standard InChI is InChI=1S/C10H18/c1-7(9-3-4-9)5-10-6-8(10)2/h7-10H,3-6H2,1-2H3. The molecular formula is C10H18. The molecule has 0 amide bonds. The largest absolute Gasteiger partial charge is 0.0622 e. The molecule has 0 aromatic rings. The van der Waals surface area contributed by atoms with Gasteiger partial charge < -0.3 is 0 Å². The van der Waals surface area contributed by atoms with Gasteiger partial charge in [0.05, 0.1) is 0 Å². The maximum absolute atomic E-state index is 2.45. The molecule has 0 nitrogen and oxygen atoms in total. The van der Waals surface area contributed by atoms with Gasteiger partial charge in [-0.1, -0.05) is 13.8 Å². The SMILES string of the molecule is CC(CC1CC1C)C1CC1. The second-order valence-electron chi connectivity index (χ2n) is 4.52. The maximum atomic E-state index is 2.45. The summed E-state index contributed by atoms with van der Waals surface area (Å²) in [6, 6.07) is 0. The van der Waals surface area contributed by atoms with Crippen LogP contribution >= 0.6 is 0 Å². The Morgan fingerprint density at radius 3 is 2.40 bits per heavy atom. The van der Waals surface area contributed by atoms with Gasteiger partial charge in [0.2, 0.25) is 0 Å². The Bertz CT molecular complexity index is 124. The van der Waals surface area contributed by atoms with Crippen LogP contribution in [-0.2, 0) is 0 Å². The summed E-state index contributed by atoms with van der Waals surface area (Å²) in [5, 5.41) is 0. The van der Waals surface area contributed by atoms with Crippen molar-refractivity contribution < 1.29 is 0 Å². The van der Waals surface area contributed by atoms with Gasteiger partial charge in [-0.05, 0) is 49.4 Å². The van der Waals surface area contributed by atoms with Crippen LogP contribution in [0.1, 0.15) is 39.5 Å². The van der Waals surface area contributed by atoms with Crippen LogP contribution in [0.4, 0.5) is 0 Å². The molecule has 0 saturated heterocycles. The first kappa shape index (κ1) is 6.69. The second-order valence-corrected chi connectivity index (χ2v) is 4.52. The molecule has 0 N–H and O–H groups in total. The molecule has 2 rings (SSSR count). The third kappa shape index (κ3) is 1.36. The minimum Gasteiger partial charge on any atom is -0.0622 e. The molecule has 0 aromatic carbocycles. The van der Waals surface area contributed by atoms with Gasteiger partial charge in [0.1, 0.15) is 0 Å². The lowest BCUT2D eigenvalue weighted by molar-refractivity contribution is 0.431. The van der Waals surface area contributed by atoms with E-state index in [0.717, 1.165) is 23.7 Å². The fourth-order valence-corrected chi connectivity index (χ4v) is 2.06. The van der Waals surface area contributed by atoms with Crippen LogP contribution < -0.4 is 0 Å². The van der Waals surface area contributed by atoms with Crippen molar-refractivity contribution in [3.05, 3.63) is 0 Å². The predicted molar refractivity (Wildman–Crippen MR) is 43.8 cm³/mol. The lowest BCUT2D eigenvalue weighted by Gasteiger charge is -2.07. The van der Waals surface area contributed by atoms with E-state index in [9.17, 15) is 0 Å². The van der Waals surface area contributed by atoms with Crippen molar-refractivity contribution in [3.8, 4) is 0 Å². The molecule has 2 aliphatic rings. The van der Waals surface area contributed by atoms with Crippen LogP contribution in [0.2, 0.25) is 0 Å². The van der Waals surface area contributed by atoms with Gasteiger partial charge in [0, 0.05) is 0 Å². The third-order valence-electron chi connectivity index (χ3n) is 3.38. The van der Waals surface area contributed by atoms with Crippen molar-refractivity contribution >= 4 is 0 Å². The Morgan fingerprint density at radius 1 is 1.40 bits per heavy atom. The molecule has 0 heterocycles. The molecule has 0 radical (unpaired) electrons. The molecular weight excluding hydrogens is 120 g/mol. The molecule has 0 aromatic heterocycles. The highest BCUT2D eigenvalue weighted by Gasteiger charge is 2.37. The Morgan fingerprint density at radius 2 is 2.00 bits per heavy atom. The van der Waals surface area contributed by atoms with Gasteiger partial charge in [-0.25, -0.2) is 0 Å². The van der Waals surface area contributed by atoms with Crippen LogP contribution in [0.15, 0.2) is 0 Å². The fraction of sp³-hybridized carbons (Fsp3) is 1.00. The van der Waals surface area contributed by atoms with Crippen LogP contribution in [0.25, 0.3) is 0 Å². The molecule has 0 bridgehead atoms. The molecule has 2 fully saturated rings. The normalized spacial score (nSPS) is 41.4. The zero-order valence-electron chi connectivity index (χ0n) is 7.14.